The number of hydrogen-bond acceptors (Lipinski definition) is 2. The van der Waals surface area contributed by atoms with Gasteiger partial charge in [-0.05, 0) is 24.5 Å². The Morgan fingerprint density at radius 1 is 1.11 bits per heavy atom. The summed E-state index contributed by atoms with van der Waals surface area (Å²) in [6.07, 6.45) is 4.06. The van der Waals surface area contributed by atoms with Gasteiger partial charge in [-0.1, -0.05) is 36.4 Å². The summed E-state index contributed by atoms with van der Waals surface area (Å²) in [6.45, 7) is 0. The Morgan fingerprint density at radius 3 is 2.50 bits per heavy atom. The predicted molar refractivity (Wildman–Crippen MR) is 71.4 cm³/mol. The molecule has 18 heavy (non-hydrogen) atoms. The van der Waals surface area contributed by atoms with Gasteiger partial charge in [-0.25, -0.2) is 0 Å². The van der Waals surface area contributed by atoms with Crippen molar-refractivity contribution >= 4 is 0 Å². The van der Waals surface area contributed by atoms with E-state index in [1.54, 1.807) is 0 Å². The van der Waals surface area contributed by atoms with Crippen molar-refractivity contribution in [3.8, 4) is 0 Å². The maximum Gasteiger partial charge on any atom is 0.255 e. The van der Waals surface area contributed by atoms with E-state index in [1.807, 2.05) is 53.2 Å². The molecule has 3 heteroatoms. The molecule has 0 bridgehead atoms. The van der Waals surface area contributed by atoms with Crippen LogP contribution >= 0.6 is 0 Å². The molecule has 3 rings (SSSR count). The molecule has 1 aromatic heterocycles. The van der Waals surface area contributed by atoms with Gasteiger partial charge in [0.25, 0.3) is 5.56 Å². The first kappa shape index (κ1) is 11.2. The Hall–Kier alpha value is -1.87. The molecule has 1 heterocycles. The van der Waals surface area contributed by atoms with Gasteiger partial charge in [0.2, 0.25) is 0 Å². The second-order valence-corrected chi connectivity index (χ2v) is 4.80. The lowest BCUT2D eigenvalue weighted by Gasteiger charge is -2.13. The quantitative estimate of drug-likeness (QED) is 0.894. The summed E-state index contributed by atoms with van der Waals surface area (Å²) in [6, 6.07) is 13.5. The lowest BCUT2D eigenvalue weighted by atomic mass is 10.0. The van der Waals surface area contributed by atoms with Crippen LogP contribution in [0.5, 0.6) is 0 Å². The van der Waals surface area contributed by atoms with Crippen LogP contribution in [0.3, 0.4) is 0 Å². The van der Waals surface area contributed by atoms with Gasteiger partial charge < -0.3 is 10.3 Å². The summed E-state index contributed by atoms with van der Waals surface area (Å²) in [7, 11) is 0. The minimum atomic E-state index is -0.343. The van der Waals surface area contributed by atoms with Crippen LogP contribution < -0.4 is 11.3 Å². The highest BCUT2D eigenvalue weighted by Crippen LogP contribution is 2.33. The molecule has 1 unspecified atom stereocenters. The van der Waals surface area contributed by atoms with Crippen LogP contribution in [0, 0.1) is 0 Å². The normalized spacial score (nSPS) is 16.5. The van der Waals surface area contributed by atoms with Crippen LogP contribution in [0.15, 0.2) is 53.5 Å². The Bertz CT molecular complexity index is 599. The summed E-state index contributed by atoms with van der Waals surface area (Å²) in [4.78, 5) is 12.3. The molecule has 2 N–H and O–H groups in total. The average molecular weight is 240 g/mol. The zero-order valence-electron chi connectivity index (χ0n) is 10.1. The molecule has 0 saturated heterocycles. The van der Waals surface area contributed by atoms with Gasteiger partial charge in [0, 0.05) is 17.8 Å². The van der Waals surface area contributed by atoms with E-state index < -0.39 is 0 Å². The highest BCUT2D eigenvalue weighted by atomic mass is 16.1. The second kappa shape index (κ2) is 4.42. The van der Waals surface area contributed by atoms with Crippen molar-refractivity contribution in [2.45, 2.75) is 24.9 Å². The SMILES string of the molecule is NC(c1ccccc1)c1cccn(C2CC2)c1=O. The summed E-state index contributed by atoms with van der Waals surface area (Å²) in [5, 5.41) is 0. The van der Waals surface area contributed by atoms with Gasteiger partial charge in [0.15, 0.2) is 0 Å². The first-order valence-electron chi connectivity index (χ1n) is 6.29. The summed E-state index contributed by atoms with van der Waals surface area (Å²) in [5.74, 6) is 0. The van der Waals surface area contributed by atoms with Crippen molar-refractivity contribution < 1.29 is 0 Å². The highest BCUT2D eigenvalue weighted by Gasteiger charge is 2.25. The fraction of sp³-hybridized carbons (Fsp3) is 0.267. The van der Waals surface area contributed by atoms with Gasteiger partial charge in [-0.15, -0.1) is 0 Å². The summed E-state index contributed by atoms with van der Waals surface area (Å²) in [5.41, 5.74) is 7.90. The third-order valence-corrected chi connectivity index (χ3v) is 3.44. The van der Waals surface area contributed by atoms with Crippen molar-refractivity contribution in [3.05, 3.63) is 70.1 Å². The molecule has 92 valence electrons. The van der Waals surface area contributed by atoms with Gasteiger partial charge in [-0.3, -0.25) is 4.79 Å². The molecule has 2 aromatic rings. The van der Waals surface area contributed by atoms with E-state index in [0.29, 0.717) is 11.6 Å². The highest BCUT2D eigenvalue weighted by molar-refractivity contribution is 5.29. The van der Waals surface area contributed by atoms with E-state index in [2.05, 4.69) is 0 Å². The summed E-state index contributed by atoms with van der Waals surface area (Å²) < 4.78 is 1.82. The fourth-order valence-corrected chi connectivity index (χ4v) is 2.24. The molecular formula is C15H16N2O. The first-order valence-corrected chi connectivity index (χ1v) is 6.29. The maximum absolute atomic E-state index is 12.3. The van der Waals surface area contributed by atoms with E-state index in [1.165, 1.54) is 0 Å². The van der Waals surface area contributed by atoms with Gasteiger partial charge in [0.05, 0.1) is 6.04 Å². The monoisotopic (exact) mass is 240 g/mol. The van der Waals surface area contributed by atoms with Crippen LogP contribution in [-0.2, 0) is 0 Å². The molecule has 1 aromatic carbocycles. The van der Waals surface area contributed by atoms with E-state index in [9.17, 15) is 4.79 Å². The van der Waals surface area contributed by atoms with Crippen LogP contribution in [0.2, 0.25) is 0 Å². The lowest BCUT2D eigenvalue weighted by molar-refractivity contribution is 0.684. The van der Waals surface area contributed by atoms with Gasteiger partial charge in [-0.2, -0.15) is 0 Å². The molecule has 0 radical (unpaired) electrons. The molecule has 3 nitrogen and oxygen atoms in total. The molecule has 0 spiro atoms. The zero-order chi connectivity index (χ0) is 12.5. The molecule has 0 aliphatic heterocycles. The Balaban J connectivity index is 2.02. The minimum Gasteiger partial charge on any atom is -0.320 e. The van der Waals surface area contributed by atoms with Crippen LogP contribution in [0.25, 0.3) is 0 Å². The van der Waals surface area contributed by atoms with Crippen LogP contribution in [0.1, 0.15) is 36.1 Å². The second-order valence-electron chi connectivity index (χ2n) is 4.80. The largest absolute Gasteiger partial charge is 0.320 e. The smallest absolute Gasteiger partial charge is 0.255 e. The van der Waals surface area contributed by atoms with Crippen molar-refractivity contribution in [2.75, 3.05) is 0 Å². The molecule has 1 aliphatic carbocycles. The standard InChI is InChI=1S/C15H16N2O/c16-14(11-5-2-1-3-6-11)13-7-4-10-17(15(13)18)12-8-9-12/h1-7,10,12,14H,8-9,16H2. The minimum absolute atomic E-state index is 0.0522. The third kappa shape index (κ3) is 1.97. The number of aromatic nitrogens is 1. The lowest BCUT2D eigenvalue weighted by Crippen LogP contribution is -2.27. The summed E-state index contributed by atoms with van der Waals surface area (Å²) >= 11 is 0. The van der Waals surface area contributed by atoms with E-state index in [-0.39, 0.29) is 11.6 Å². The van der Waals surface area contributed by atoms with Crippen molar-refractivity contribution in [1.82, 2.24) is 4.57 Å². The van der Waals surface area contributed by atoms with Crippen molar-refractivity contribution in [2.24, 2.45) is 5.73 Å². The van der Waals surface area contributed by atoms with Gasteiger partial charge >= 0.3 is 0 Å². The number of pyridine rings is 1. The Kier molecular flexibility index (Phi) is 2.76. The number of benzene rings is 1. The van der Waals surface area contributed by atoms with E-state index in [0.717, 1.165) is 18.4 Å². The Labute approximate surface area is 106 Å². The molecule has 1 saturated carbocycles. The molecule has 1 atom stereocenters. The van der Waals surface area contributed by atoms with E-state index >= 15 is 0 Å². The van der Waals surface area contributed by atoms with Gasteiger partial charge in [0.1, 0.15) is 0 Å². The zero-order valence-corrected chi connectivity index (χ0v) is 10.1. The van der Waals surface area contributed by atoms with Crippen LogP contribution in [-0.4, -0.2) is 4.57 Å². The predicted octanol–water partition coefficient (Wildman–Crippen LogP) is 2.23. The average Bonchev–Trinajstić information content (AvgIpc) is 3.24. The van der Waals surface area contributed by atoms with Crippen LogP contribution in [0.4, 0.5) is 0 Å². The third-order valence-electron chi connectivity index (χ3n) is 3.44. The number of nitrogens with zero attached hydrogens (tertiary/aromatic N) is 1. The molecule has 0 amide bonds. The molecular weight excluding hydrogens is 224 g/mol. The van der Waals surface area contributed by atoms with E-state index in [4.69, 9.17) is 5.73 Å². The maximum atomic E-state index is 12.3. The number of nitrogens with two attached hydrogens (primary N) is 1. The number of hydrogen-bond donors (Lipinski definition) is 1. The topological polar surface area (TPSA) is 48.0 Å². The fourth-order valence-electron chi connectivity index (χ4n) is 2.24. The Morgan fingerprint density at radius 2 is 1.83 bits per heavy atom. The van der Waals surface area contributed by atoms with Crippen molar-refractivity contribution in [3.63, 3.8) is 0 Å². The molecule has 1 aliphatic rings. The molecule has 1 fully saturated rings. The number of rotatable bonds is 3. The van der Waals surface area contributed by atoms with Crippen molar-refractivity contribution in [1.29, 1.82) is 0 Å². The first-order chi connectivity index (χ1) is 8.77.